The zero-order valence-electron chi connectivity index (χ0n) is 8.91. The molecule has 3 heteroatoms. The topological polar surface area (TPSA) is 12.0 Å². The van der Waals surface area contributed by atoms with Gasteiger partial charge in [0.25, 0.3) is 0 Å². The first kappa shape index (κ1) is 11.1. The highest BCUT2D eigenvalue weighted by Gasteiger charge is 2.24. The second-order valence-electron chi connectivity index (χ2n) is 3.93. The standard InChI is InChI=1S/C11H15F2N/c1-7-5-6-8(10(13)9(7)12)11(2,3)14-4/h5-6,14H,1-4H3. The lowest BCUT2D eigenvalue weighted by molar-refractivity contribution is 0.401. The zero-order chi connectivity index (χ0) is 10.9. The minimum Gasteiger partial charge on any atom is -0.311 e. The summed E-state index contributed by atoms with van der Waals surface area (Å²) in [5.41, 5.74) is 0.125. The molecule has 0 heterocycles. The Kier molecular flexibility index (Phi) is 2.90. The molecule has 0 atom stereocenters. The summed E-state index contributed by atoms with van der Waals surface area (Å²) >= 11 is 0. The van der Waals surface area contributed by atoms with Gasteiger partial charge in [-0.15, -0.1) is 0 Å². The molecule has 0 radical (unpaired) electrons. The van der Waals surface area contributed by atoms with Crippen molar-refractivity contribution in [2.24, 2.45) is 0 Å². The van der Waals surface area contributed by atoms with Crippen molar-refractivity contribution in [3.05, 3.63) is 34.9 Å². The molecule has 0 aliphatic heterocycles. The van der Waals surface area contributed by atoms with E-state index < -0.39 is 17.2 Å². The number of benzene rings is 1. The first-order valence-corrected chi connectivity index (χ1v) is 4.54. The third-order valence-corrected chi connectivity index (χ3v) is 2.57. The predicted octanol–water partition coefficient (Wildman–Crippen LogP) is 2.73. The van der Waals surface area contributed by atoms with Crippen molar-refractivity contribution in [3.63, 3.8) is 0 Å². The van der Waals surface area contributed by atoms with Crippen molar-refractivity contribution in [1.82, 2.24) is 5.32 Å². The van der Waals surface area contributed by atoms with Crippen molar-refractivity contribution in [1.29, 1.82) is 0 Å². The Morgan fingerprint density at radius 3 is 2.21 bits per heavy atom. The summed E-state index contributed by atoms with van der Waals surface area (Å²) in [6.45, 7) is 5.16. The van der Waals surface area contributed by atoms with E-state index in [1.807, 2.05) is 0 Å². The van der Waals surface area contributed by atoms with Crippen LogP contribution in [0.4, 0.5) is 8.78 Å². The first-order valence-electron chi connectivity index (χ1n) is 4.54. The molecule has 0 spiro atoms. The third-order valence-electron chi connectivity index (χ3n) is 2.57. The minimum absolute atomic E-state index is 0.332. The van der Waals surface area contributed by atoms with Gasteiger partial charge in [-0.3, -0.25) is 0 Å². The van der Waals surface area contributed by atoms with E-state index in [1.165, 1.54) is 0 Å². The van der Waals surface area contributed by atoms with E-state index in [4.69, 9.17) is 0 Å². The molecule has 0 saturated carbocycles. The molecule has 1 rings (SSSR count). The van der Waals surface area contributed by atoms with Gasteiger partial charge in [0.05, 0.1) is 0 Å². The Bertz CT molecular complexity index is 345. The minimum atomic E-state index is -0.760. The van der Waals surface area contributed by atoms with Crippen molar-refractivity contribution in [2.75, 3.05) is 7.05 Å². The smallest absolute Gasteiger partial charge is 0.164 e. The predicted molar refractivity (Wildman–Crippen MR) is 53.2 cm³/mol. The van der Waals surface area contributed by atoms with Gasteiger partial charge in [-0.25, -0.2) is 8.78 Å². The maximum atomic E-state index is 13.5. The number of hydrogen-bond acceptors (Lipinski definition) is 1. The molecule has 1 aromatic carbocycles. The fourth-order valence-electron chi connectivity index (χ4n) is 1.26. The van der Waals surface area contributed by atoms with E-state index >= 15 is 0 Å². The van der Waals surface area contributed by atoms with E-state index in [-0.39, 0.29) is 0 Å². The summed E-state index contributed by atoms with van der Waals surface area (Å²) in [6.07, 6.45) is 0. The highest BCUT2D eigenvalue weighted by Crippen LogP contribution is 2.25. The molecule has 0 aliphatic rings. The molecule has 0 bridgehead atoms. The van der Waals surface area contributed by atoms with Crippen molar-refractivity contribution >= 4 is 0 Å². The highest BCUT2D eigenvalue weighted by atomic mass is 19.2. The number of halogens is 2. The van der Waals surface area contributed by atoms with Crippen LogP contribution in [-0.4, -0.2) is 7.05 Å². The fraction of sp³-hybridized carbons (Fsp3) is 0.455. The van der Waals surface area contributed by atoms with Gasteiger partial charge in [0.2, 0.25) is 0 Å². The molecular formula is C11H15F2N. The summed E-state index contributed by atoms with van der Waals surface area (Å²) in [7, 11) is 1.72. The van der Waals surface area contributed by atoms with Gasteiger partial charge < -0.3 is 5.32 Å². The largest absolute Gasteiger partial charge is 0.311 e. The monoisotopic (exact) mass is 199 g/mol. The van der Waals surface area contributed by atoms with E-state index in [9.17, 15) is 8.78 Å². The normalized spacial score (nSPS) is 11.9. The van der Waals surface area contributed by atoms with Crippen LogP contribution >= 0.6 is 0 Å². The molecule has 0 saturated heterocycles. The molecule has 1 nitrogen and oxygen atoms in total. The summed E-state index contributed by atoms with van der Waals surface area (Å²) in [6, 6.07) is 3.21. The van der Waals surface area contributed by atoms with Gasteiger partial charge in [0.15, 0.2) is 11.6 Å². The number of rotatable bonds is 2. The first-order chi connectivity index (χ1) is 6.40. The van der Waals surface area contributed by atoms with Crippen LogP contribution in [0, 0.1) is 18.6 Å². The molecule has 1 aromatic rings. The van der Waals surface area contributed by atoms with Crippen LogP contribution in [0.15, 0.2) is 12.1 Å². The second kappa shape index (κ2) is 3.65. The fourth-order valence-corrected chi connectivity index (χ4v) is 1.26. The Balaban J connectivity index is 3.31. The maximum Gasteiger partial charge on any atom is 0.164 e. The molecule has 1 N–H and O–H groups in total. The zero-order valence-corrected chi connectivity index (χ0v) is 8.91. The number of hydrogen-bond donors (Lipinski definition) is 1. The van der Waals surface area contributed by atoms with Gasteiger partial charge in [-0.1, -0.05) is 12.1 Å². The maximum absolute atomic E-state index is 13.5. The summed E-state index contributed by atoms with van der Waals surface area (Å²) in [5, 5.41) is 2.94. The third kappa shape index (κ3) is 1.77. The molecule has 0 fully saturated rings. The summed E-state index contributed by atoms with van der Waals surface area (Å²) in [4.78, 5) is 0. The van der Waals surface area contributed by atoms with Crippen LogP contribution in [0.5, 0.6) is 0 Å². The second-order valence-corrected chi connectivity index (χ2v) is 3.93. The van der Waals surface area contributed by atoms with Crippen LogP contribution in [0.25, 0.3) is 0 Å². The quantitative estimate of drug-likeness (QED) is 0.772. The number of aryl methyl sites for hydroxylation is 1. The van der Waals surface area contributed by atoms with E-state index in [0.717, 1.165) is 0 Å². The van der Waals surface area contributed by atoms with Gasteiger partial charge in [-0.05, 0) is 33.4 Å². The van der Waals surface area contributed by atoms with Crippen molar-refractivity contribution < 1.29 is 8.78 Å². The molecule has 0 aliphatic carbocycles. The van der Waals surface area contributed by atoms with E-state index in [2.05, 4.69) is 5.32 Å². The SMILES string of the molecule is CNC(C)(C)c1ccc(C)c(F)c1F. The number of nitrogens with one attached hydrogen (secondary N) is 1. The van der Waals surface area contributed by atoms with Crippen molar-refractivity contribution in [2.45, 2.75) is 26.3 Å². The average Bonchev–Trinajstić information content (AvgIpc) is 2.14. The van der Waals surface area contributed by atoms with Gasteiger partial charge >= 0.3 is 0 Å². The Labute approximate surface area is 83.1 Å². The molecule has 0 aromatic heterocycles. The van der Waals surface area contributed by atoms with Crippen LogP contribution in [0.3, 0.4) is 0 Å². The molecule has 78 valence electrons. The Morgan fingerprint density at radius 2 is 1.71 bits per heavy atom. The lowest BCUT2D eigenvalue weighted by Gasteiger charge is -2.25. The van der Waals surface area contributed by atoms with Gasteiger partial charge in [-0.2, -0.15) is 0 Å². The molecule has 14 heavy (non-hydrogen) atoms. The average molecular weight is 199 g/mol. The van der Waals surface area contributed by atoms with E-state index in [0.29, 0.717) is 11.1 Å². The molecule has 0 amide bonds. The summed E-state index contributed by atoms with van der Waals surface area (Å²) < 4.78 is 26.8. The van der Waals surface area contributed by atoms with Crippen LogP contribution < -0.4 is 5.32 Å². The van der Waals surface area contributed by atoms with Gasteiger partial charge in [0.1, 0.15) is 0 Å². The van der Waals surface area contributed by atoms with E-state index in [1.54, 1.807) is 40.0 Å². The summed E-state index contributed by atoms with van der Waals surface area (Å²) in [5.74, 6) is -1.52. The lowest BCUT2D eigenvalue weighted by Crippen LogP contribution is -2.34. The molecular weight excluding hydrogens is 184 g/mol. The molecule has 0 unspecified atom stereocenters. The van der Waals surface area contributed by atoms with Crippen LogP contribution in [0.2, 0.25) is 0 Å². The highest BCUT2D eigenvalue weighted by molar-refractivity contribution is 5.30. The van der Waals surface area contributed by atoms with Crippen LogP contribution in [-0.2, 0) is 5.54 Å². The van der Waals surface area contributed by atoms with Crippen LogP contribution in [0.1, 0.15) is 25.0 Å². The van der Waals surface area contributed by atoms with Crippen molar-refractivity contribution in [3.8, 4) is 0 Å². The lowest BCUT2D eigenvalue weighted by atomic mass is 9.93. The Hall–Kier alpha value is -0.960. The van der Waals surface area contributed by atoms with Gasteiger partial charge in [0, 0.05) is 11.1 Å². The Morgan fingerprint density at radius 1 is 1.14 bits per heavy atom.